The number of benzene rings is 1. The van der Waals surface area contributed by atoms with Crippen LogP contribution < -0.4 is 11.2 Å². The summed E-state index contributed by atoms with van der Waals surface area (Å²) in [4.78, 5) is 34.2. The zero-order valence-corrected chi connectivity index (χ0v) is 16.7. The second-order valence-corrected chi connectivity index (χ2v) is 7.07. The van der Waals surface area contributed by atoms with Gasteiger partial charge in [-0.25, -0.2) is 14.8 Å². The summed E-state index contributed by atoms with van der Waals surface area (Å²) in [5.74, 6) is 0.0335. The van der Waals surface area contributed by atoms with Gasteiger partial charge >= 0.3 is 5.69 Å². The lowest BCUT2D eigenvalue weighted by molar-refractivity contribution is 0.381. The number of hydrogen-bond donors (Lipinski definition) is 1. The molecule has 1 N–H and O–H groups in total. The SMILES string of the molecule is Cc1cccc(/N=C/c2c(O)n(CCc3ccccc3)c(=O)n(C(C)C)c2=O)n1. The van der Waals surface area contributed by atoms with Gasteiger partial charge in [-0.3, -0.25) is 13.9 Å². The number of pyridine rings is 1. The van der Waals surface area contributed by atoms with E-state index in [1.807, 2.05) is 49.4 Å². The van der Waals surface area contributed by atoms with E-state index in [-0.39, 0.29) is 24.0 Å². The first-order valence-corrected chi connectivity index (χ1v) is 9.48. The molecule has 0 bridgehead atoms. The summed E-state index contributed by atoms with van der Waals surface area (Å²) in [6.45, 7) is 5.59. The van der Waals surface area contributed by atoms with Crippen LogP contribution in [0, 0.1) is 6.92 Å². The van der Waals surface area contributed by atoms with Crippen LogP contribution in [0.3, 0.4) is 0 Å². The van der Waals surface area contributed by atoms with Gasteiger partial charge in [0.2, 0.25) is 5.88 Å². The molecular formula is C22H24N4O3. The lowest BCUT2D eigenvalue weighted by Crippen LogP contribution is -2.42. The van der Waals surface area contributed by atoms with E-state index in [0.717, 1.165) is 15.8 Å². The van der Waals surface area contributed by atoms with Crippen molar-refractivity contribution in [1.82, 2.24) is 14.1 Å². The second-order valence-electron chi connectivity index (χ2n) is 7.07. The molecule has 0 radical (unpaired) electrons. The zero-order valence-electron chi connectivity index (χ0n) is 16.7. The molecule has 1 aromatic carbocycles. The van der Waals surface area contributed by atoms with Crippen molar-refractivity contribution in [2.45, 2.75) is 39.8 Å². The number of nitrogens with zero attached hydrogens (tertiary/aromatic N) is 4. The van der Waals surface area contributed by atoms with Gasteiger partial charge in [-0.2, -0.15) is 0 Å². The molecule has 0 saturated carbocycles. The number of hydrogen-bond acceptors (Lipinski definition) is 5. The van der Waals surface area contributed by atoms with Gasteiger partial charge in [0.25, 0.3) is 5.56 Å². The first-order chi connectivity index (χ1) is 13.9. The van der Waals surface area contributed by atoms with E-state index in [4.69, 9.17) is 0 Å². The molecule has 0 atom stereocenters. The third kappa shape index (κ3) is 4.51. The lowest BCUT2D eigenvalue weighted by Gasteiger charge is -2.16. The van der Waals surface area contributed by atoms with Gasteiger partial charge in [-0.05, 0) is 44.9 Å². The maximum Gasteiger partial charge on any atom is 0.334 e. The van der Waals surface area contributed by atoms with Crippen LogP contribution in [-0.4, -0.2) is 25.4 Å². The van der Waals surface area contributed by atoms with Crippen LogP contribution in [0.5, 0.6) is 5.88 Å². The van der Waals surface area contributed by atoms with Crippen LogP contribution in [0.15, 0.2) is 63.1 Å². The summed E-state index contributed by atoms with van der Waals surface area (Å²) in [6, 6.07) is 14.6. The molecular weight excluding hydrogens is 368 g/mol. The molecule has 0 unspecified atom stereocenters. The Morgan fingerprint density at radius 3 is 2.48 bits per heavy atom. The quantitative estimate of drug-likeness (QED) is 0.653. The van der Waals surface area contributed by atoms with Crippen molar-refractivity contribution in [1.29, 1.82) is 0 Å². The first-order valence-electron chi connectivity index (χ1n) is 9.48. The van der Waals surface area contributed by atoms with Crippen molar-refractivity contribution in [2.75, 3.05) is 0 Å². The average molecular weight is 392 g/mol. The van der Waals surface area contributed by atoms with E-state index < -0.39 is 11.2 Å². The van der Waals surface area contributed by atoms with Crippen LogP contribution in [0.2, 0.25) is 0 Å². The zero-order chi connectivity index (χ0) is 21.0. The summed E-state index contributed by atoms with van der Waals surface area (Å²) in [7, 11) is 0. The molecule has 0 aliphatic rings. The molecule has 29 heavy (non-hydrogen) atoms. The van der Waals surface area contributed by atoms with Gasteiger partial charge in [-0.15, -0.1) is 0 Å². The van der Waals surface area contributed by atoms with E-state index in [1.165, 1.54) is 10.8 Å². The Labute approximate surface area is 168 Å². The van der Waals surface area contributed by atoms with E-state index in [1.54, 1.807) is 19.9 Å². The minimum absolute atomic E-state index is 0.0327. The smallest absolute Gasteiger partial charge is 0.334 e. The number of aliphatic imine (C=N–C) groups is 1. The van der Waals surface area contributed by atoms with Gasteiger partial charge in [0.05, 0.1) is 0 Å². The largest absolute Gasteiger partial charge is 0.494 e. The van der Waals surface area contributed by atoms with Crippen molar-refractivity contribution in [3.63, 3.8) is 0 Å². The summed E-state index contributed by atoms with van der Waals surface area (Å²) in [5, 5.41) is 10.7. The number of aromatic nitrogens is 3. The first kappa shape index (κ1) is 20.3. The Bertz CT molecular complexity index is 1140. The minimum atomic E-state index is -0.574. The lowest BCUT2D eigenvalue weighted by atomic mass is 10.1. The van der Waals surface area contributed by atoms with Gasteiger partial charge in [0, 0.05) is 24.5 Å². The molecule has 3 aromatic rings. The van der Waals surface area contributed by atoms with Gasteiger partial charge in [0.15, 0.2) is 5.82 Å². The number of rotatable bonds is 6. The average Bonchev–Trinajstić information content (AvgIpc) is 2.68. The predicted octanol–water partition coefficient (Wildman–Crippen LogP) is 2.99. The van der Waals surface area contributed by atoms with E-state index in [0.29, 0.717) is 12.2 Å². The predicted molar refractivity (Wildman–Crippen MR) is 113 cm³/mol. The van der Waals surface area contributed by atoms with Crippen LogP contribution >= 0.6 is 0 Å². The summed E-state index contributed by atoms with van der Waals surface area (Å²) < 4.78 is 2.36. The third-order valence-electron chi connectivity index (χ3n) is 4.57. The summed E-state index contributed by atoms with van der Waals surface area (Å²) in [6.07, 6.45) is 1.82. The standard InChI is InChI=1S/C22H24N4O3/c1-15(2)26-21(28)18(14-23-19-11-7-8-16(3)24-19)20(27)25(22(26)29)13-12-17-9-5-4-6-10-17/h4-11,14-15,27H,12-13H2,1-3H3/b23-14+. The van der Waals surface area contributed by atoms with E-state index in [9.17, 15) is 14.7 Å². The van der Waals surface area contributed by atoms with Crippen LogP contribution in [-0.2, 0) is 13.0 Å². The van der Waals surface area contributed by atoms with Crippen molar-refractivity contribution in [3.8, 4) is 5.88 Å². The van der Waals surface area contributed by atoms with Crippen LogP contribution in [0.4, 0.5) is 5.82 Å². The molecule has 0 saturated heterocycles. The van der Waals surface area contributed by atoms with Crippen molar-refractivity contribution in [3.05, 3.63) is 86.2 Å². The fourth-order valence-electron chi connectivity index (χ4n) is 3.07. The Morgan fingerprint density at radius 1 is 1.10 bits per heavy atom. The molecule has 7 heteroatoms. The number of aryl methyl sites for hydroxylation is 2. The fourth-order valence-corrected chi connectivity index (χ4v) is 3.07. The molecule has 0 aliphatic carbocycles. The van der Waals surface area contributed by atoms with Gasteiger partial charge in [-0.1, -0.05) is 36.4 Å². The molecule has 7 nitrogen and oxygen atoms in total. The molecule has 0 fully saturated rings. The van der Waals surface area contributed by atoms with Gasteiger partial charge < -0.3 is 5.11 Å². The van der Waals surface area contributed by atoms with Crippen molar-refractivity contribution in [2.24, 2.45) is 4.99 Å². The maximum absolute atomic E-state index is 12.9. The van der Waals surface area contributed by atoms with Crippen LogP contribution in [0.25, 0.3) is 0 Å². The molecule has 0 spiro atoms. The monoisotopic (exact) mass is 392 g/mol. The Morgan fingerprint density at radius 2 is 1.83 bits per heavy atom. The van der Waals surface area contributed by atoms with E-state index in [2.05, 4.69) is 9.98 Å². The molecule has 2 aromatic heterocycles. The highest BCUT2D eigenvalue weighted by atomic mass is 16.3. The third-order valence-corrected chi connectivity index (χ3v) is 4.57. The highest BCUT2D eigenvalue weighted by molar-refractivity contribution is 5.83. The second kappa shape index (κ2) is 8.68. The minimum Gasteiger partial charge on any atom is -0.494 e. The normalized spacial score (nSPS) is 11.4. The molecule has 0 amide bonds. The Hall–Kier alpha value is -3.48. The molecule has 2 heterocycles. The highest BCUT2D eigenvalue weighted by Gasteiger charge is 2.19. The molecule has 150 valence electrons. The fraction of sp³-hybridized carbons (Fsp3) is 0.273. The van der Waals surface area contributed by atoms with Crippen molar-refractivity contribution < 1.29 is 5.11 Å². The van der Waals surface area contributed by atoms with E-state index >= 15 is 0 Å². The topological polar surface area (TPSA) is 89.5 Å². The summed E-state index contributed by atoms with van der Waals surface area (Å²) in [5.41, 5.74) is 0.672. The number of aromatic hydroxyl groups is 1. The Kier molecular flexibility index (Phi) is 6.07. The van der Waals surface area contributed by atoms with Crippen LogP contribution in [0.1, 0.15) is 36.7 Å². The molecule has 3 rings (SSSR count). The van der Waals surface area contributed by atoms with Gasteiger partial charge in [0.1, 0.15) is 5.56 Å². The Balaban J connectivity index is 2.06. The summed E-state index contributed by atoms with van der Waals surface area (Å²) >= 11 is 0. The maximum atomic E-state index is 12.9. The highest BCUT2D eigenvalue weighted by Crippen LogP contribution is 2.14. The molecule has 0 aliphatic heterocycles. The van der Waals surface area contributed by atoms with Crippen molar-refractivity contribution >= 4 is 12.0 Å².